The van der Waals surface area contributed by atoms with Gasteiger partial charge in [0.1, 0.15) is 12.2 Å². The third-order valence-electron chi connectivity index (χ3n) is 2.44. The van der Waals surface area contributed by atoms with E-state index >= 15 is 0 Å². The van der Waals surface area contributed by atoms with Crippen LogP contribution in [0.1, 0.15) is 59.8 Å². The number of carbonyl (C=O) groups is 1. The average Bonchev–Trinajstić information content (AvgIpc) is 2.73. The van der Waals surface area contributed by atoms with Gasteiger partial charge >= 0.3 is 6.16 Å². The maximum Gasteiger partial charge on any atom is 0.508 e. The topological polar surface area (TPSA) is 35.5 Å². The quantitative estimate of drug-likeness (QED) is 0.671. The van der Waals surface area contributed by atoms with Crippen molar-refractivity contribution in [3.05, 3.63) is 0 Å². The molecule has 0 aromatic rings. The lowest BCUT2D eigenvalue weighted by molar-refractivity contribution is 0.00401. The minimum atomic E-state index is -0.499. The van der Waals surface area contributed by atoms with Crippen LogP contribution in [0.4, 0.5) is 4.79 Å². The van der Waals surface area contributed by atoms with Crippen molar-refractivity contribution < 1.29 is 14.3 Å². The summed E-state index contributed by atoms with van der Waals surface area (Å²) in [5.74, 6) is 0. The largest absolute Gasteiger partial charge is 0.508 e. The van der Waals surface area contributed by atoms with E-state index in [4.69, 9.17) is 9.47 Å². The molecule has 1 aliphatic carbocycles. The van der Waals surface area contributed by atoms with Crippen LogP contribution in [0.3, 0.4) is 0 Å². The van der Waals surface area contributed by atoms with Crippen LogP contribution in [-0.4, -0.2) is 18.4 Å². The van der Waals surface area contributed by atoms with Crippen LogP contribution in [0.25, 0.3) is 0 Å². The van der Waals surface area contributed by atoms with E-state index in [9.17, 15) is 4.79 Å². The van der Waals surface area contributed by atoms with E-state index < -0.39 is 6.16 Å². The van der Waals surface area contributed by atoms with Crippen LogP contribution in [0, 0.1) is 0 Å². The molecule has 1 fully saturated rings. The Morgan fingerprint density at radius 1 is 1.33 bits per heavy atom. The molecular weight excluding hydrogens is 192 g/mol. The Labute approximate surface area is 93.1 Å². The van der Waals surface area contributed by atoms with Crippen molar-refractivity contribution in [2.45, 2.75) is 72.0 Å². The van der Waals surface area contributed by atoms with E-state index in [1.165, 1.54) is 12.8 Å². The first-order valence-corrected chi connectivity index (χ1v) is 6.09. The van der Waals surface area contributed by atoms with Gasteiger partial charge in [-0.05, 0) is 39.0 Å². The molecule has 15 heavy (non-hydrogen) atoms. The van der Waals surface area contributed by atoms with E-state index in [0.717, 1.165) is 19.3 Å². The Hall–Kier alpha value is -0.730. The van der Waals surface area contributed by atoms with Crippen molar-refractivity contribution >= 4 is 6.16 Å². The average molecular weight is 216 g/mol. The van der Waals surface area contributed by atoms with Crippen molar-refractivity contribution in [1.82, 2.24) is 0 Å². The van der Waals surface area contributed by atoms with Gasteiger partial charge in [-0.1, -0.05) is 20.8 Å². The van der Waals surface area contributed by atoms with Crippen molar-refractivity contribution in [2.75, 3.05) is 0 Å². The molecule has 0 N–H and O–H groups in total. The molecule has 1 unspecified atom stereocenters. The number of hydrogen-bond donors (Lipinski definition) is 0. The molecule has 0 amide bonds. The van der Waals surface area contributed by atoms with Crippen LogP contribution in [0.5, 0.6) is 0 Å². The van der Waals surface area contributed by atoms with E-state index in [2.05, 4.69) is 0 Å². The first-order valence-electron chi connectivity index (χ1n) is 6.09. The predicted octanol–water partition coefficient (Wildman–Crippen LogP) is 3.91. The monoisotopic (exact) mass is 216 g/mol. The minimum Gasteiger partial charge on any atom is -0.431 e. The molecule has 3 heteroatoms. The van der Waals surface area contributed by atoms with Gasteiger partial charge in [0.05, 0.1) is 0 Å². The second-order valence-electron chi connectivity index (χ2n) is 3.61. The summed E-state index contributed by atoms with van der Waals surface area (Å²) >= 11 is 0. The van der Waals surface area contributed by atoms with Crippen LogP contribution in [-0.2, 0) is 9.47 Å². The first-order chi connectivity index (χ1) is 7.22. The van der Waals surface area contributed by atoms with Gasteiger partial charge in [0.15, 0.2) is 0 Å². The summed E-state index contributed by atoms with van der Waals surface area (Å²) in [5.41, 5.74) is 0. The lowest BCUT2D eigenvalue weighted by atomic mass is 10.3. The summed E-state index contributed by atoms with van der Waals surface area (Å²) in [6.07, 6.45) is 4.74. The molecule has 90 valence electrons. The Kier molecular flexibility index (Phi) is 8.15. The van der Waals surface area contributed by atoms with Gasteiger partial charge in [0.25, 0.3) is 0 Å². The number of carbonyl (C=O) groups excluding carboxylic acids is 1. The fourth-order valence-corrected chi connectivity index (χ4v) is 1.42. The van der Waals surface area contributed by atoms with Crippen molar-refractivity contribution in [1.29, 1.82) is 0 Å². The molecule has 0 saturated heterocycles. The maximum absolute atomic E-state index is 11.1. The van der Waals surface area contributed by atoms with Gasteiger partial charge in [0, 0.05) is 0 Å². The second kappa shape index (κ2) is 8.57. The molecule has 1 atom stereocenters. The van der Waals surface area contributed by atoms with Crippen LogP contribution >= 0.6 is 0 Å². The minimum absolute atomic E-state index is 0.0334. The molecule has 1 rings (SSSR count). The Balaban J connectivity index is 0.000000921. The van der Waals surface area contributed by atoms with Gasteiger partial charge in [-0.2, -0.15) is 0 Å². The SMILES string of the molecule is CC.CCC(C)OC(=O)OC1CCCC1. The van der Waals surface area contributed by atoms with Gasteiger partial charge in [-0.3, -0.25) is 0 Å². The number of rotatable bonds is 3. The molecule has 1 aliphatic rings. The molecule has 0 bridgehead atoms. The summed E-state index contributed by atoms with van der Waals surface area (Å²) in [6.45, 7) is 7.85. The van der Waals surface area contributed by atoms with Crippen LogP contribution in [0.2, 0.25) is 0 Å². The van der Waals surface area contributed by atoms with Crippen molar-refractivity contribution in [3.63, 3.8) is 0 Å². The third-order valence-corrected chi connectivity index (χ3v) is 2.44. The summed E-state index contributed by atoms with van der Waals surface area (Å²) in [4.78, 5) is 11.1. The fourth-order valence-electron chi connectivity index (χ4n) is 1.42. The van der Waals surface area contributed by atoms with Crippen molar-refractivity contribution in [3.8, 4) is 0 Å². The zero-order valence-corrected chi connectivity index (χ0v) is 10.4. The molecule has 0 aromatic heterocycles. The first kappa shape index (κ1) is 14.3. The molecule has 1 saturated carbocycles. The summed E-state index contributed by atoms with van der Waals surface area (Å²) in [7, 11) is 0. The molecule has 0 spiro atoms. The summed E-state index contributed by atoms with van der Waals surface area (Å²) in [5, 5.41) is 0. The highest BCUT2D eigenvalue weighted by molar-refractivity contribution is 5.60. The standard InChI is InChI=1S/C10H18O3.C2H6/c1-3-8(2)12-10(11)13-9-6-4-5-7-9;1-2/h8-9H,3-7H2,1-2H3;1-2H3. The highest BCUT2D eigenvalue weighted by Crippen LogP contribution is 2.21. The molecule has 0 radical (unpaired) electrons. The van der Waals surface area contributed by atoms with Gasteiger partial charge in [-0.25, -0.2) is 4.79 Å². The van der Waals surface area contributed by atoms with Crippen LogP contribution in [0.15, 0.2) is 0 Å². The molecular formula is C12H24O3. The third kappa shape index (κ3) is 6.37. The Bertz CT molecular complexity index is 162. The zero-order chi connectivity index (χ0) is 11.7. The molecule has 0 aromatic carbocycles. The lowest BCUT2D eigenvalue weighted by Crippen LogP contribution is -2.20. The van der Waals surface area contributed by atoms with Crippen molar-refractivity contribution in [2.24, 2.45) is 0 Å². The highest BCUT2D eigenvalue weighted by atomic mass is 16.7. The molecule has 3 nitrogen and oxygen atoms in total. The van der Waals surface area contributed by atoms with E-state index in [1.807, 2.05) is 27.7 Å². The van der Waals surface area contributed by atoms with Gasteiger partial charge in [-0.15, -0.1) is 0 Å². The summed E-state index contributed by atoms with van der Waals surface area (Å²) < 4.78 is 10.1. The Morgan fingerprint density at radius 3 is 2.33 bits per heavy atom. The van der Waals surface area contributed by atoms with E-state index in [1.54, 1.807) is 0 Å². The maximum atomic E-state index is 11.1. The summed E-state index contributed by atoms with van der Waals surface area (Å²) in [6, 6.07) is 0. The van der Waals surface area contributed by atoms with Crippen LogP contribution < -0.4 is 0 Å². The predicted molar refractivity (Wildman–Crippen MR) is 60.9 cm³/mol. The molecule has 0 heterocycles. The van der Waals surface area contributed by atoms with E-state index in [0.29, 0.717) is 0 Å². The Morgan fingerprint density at radius 2 is 1.87 bits per heavy atom. The zero-order valence-electron chi connectivity index (χ0n) is 10.4. The number of hydrogen-bond acceptors (Lipinski definition) is 3. The highest BCUT2D eigenvalue weighted by Gasteiger charge is 2.20. The van der Waals surface area contributed by atoms with Gasteiger partial charge < -0.3 is 9.47 Å². The second-order valence-corrected chi connectivity index (χ2v) is 3.61. The lowest BCUT2D eigenvalue weighted by Gasteiger charge is -2.14. The normalized spacial score (nSPS) is 17.6. The number of ether oxygens (including phenoxy) is 2. The van der Waals surface area contributed by atoms with Gasteiger partial charge in [0.2, 0.25) is 0 Å². The molecule has 0 aliphatic heterocycles. The smallest absolute Gasteiger partial charge is 0.431 e. The fraction of sp³-hybridized carbons (Fsp3) is 0.917. The van der Waals surface area contributed by atoms with E-state index in [-0.39, 0.29) is 12.2 Å².